The summed E-state index contributed by atoms with van der Waals surface area (Å²) in [5, 5.41) is 3.47. The van der Waals surface area contributed by atoms with Crippen molar-refractivity contribution in [2.75, 3.05) is 52.9 Å². The van der Waals surface area contributed by atoms with E-state index in [1.54, 1.807) is 15.7 Å². The summed E-state index contributed by atoms with van der Waals surface area (Å²) in [6.45, 7) is 6.39. The van der Waals surface area contributed by atoms with Gasteiger partial charge in [0.2, 0.25) is 0 Å². The normalized spacial score (nSPS) is 28.0. The van der Waals surface area contributed by atoms with Crippen molar-refractivity contribution in [2.45, 2.75) is 51.0 Å². The Bertz CT molecular complexity index is 485. The van der Waals surface area contributed by atoms with Crippen LogP contribution in [0.25, 0.3) is 0 Å². The van der Waals surface area contributed by atoms with Crippen molar-refractivity contribution in [2.24, 2.45) is 5.92 Å². The summed E-state index contributed by atoms with van der Waals surface area (Å²) < 4.78 is 29.2. The van der Waals surface area contributed by atoms with Gasteiger partial charge in [0.25, 0.3) is 10.2 Å². The zero-order valence-electron chi connectivity index (χ0n) is 15.5. The number of nitrogens with zero attached hydrogens (tertiary/aromatic N) is 3. The molecule has 6 nitrogen and oxygen atoms in total. The molecular formula is C17H35ClN4O2S. The predicted octanol–water partition coefficient (Wildman–Crippen LogP) is 1.53. The molecule has 1 saturated carbocycles. The van der Waals surface area contributed by atoms with Crippen LogP contribution >= 0.6 is 12.4 Å². The first-order chi connectivity index (χ1) is 11.6. The van der Waals surface area contributed by atoms with Crippen LogP contribution < -0.4 is 5.32 Å². The van der Waals surface area contributed by atoms with Gasteiger partial charge in [-0.1, -0.05) is 19.3 Å². The molecule has 0 spiro atoms. The van der Waals surface area contributed by atoms with E-state index in [-0.39, 0.29) is 18.4 Å². The van der Waals surface area contributed by atoms with Crippen molar-refractivity contribution in [3.05, 3.63) is 0 Å². The molecular weight excluding hydrogens is 360 g/mol. The Morgan fingerprint density at radius 3 is 2.28 bits per heavy atom. The Morgan fingerprint density at radius 2 is 1.68 bits per heavy atom. The Morgan fingerprint density at radius 1 is 1.00 bits per heavy atom. The van der Waals surface area contributed by atoms with E-state index in [1.165, 1.54) is 19.3 Å². The average Bonchev–Trinajstić information content (AvgIpc) is 2.63. The topological polar surface area (TPSA) is 55.9 Å². The summed E-state index contributed by atoms with van der Waals surface area (Å²) in [6.07, 6.45) is 8.18. The van der Waals surface area contributed by atoms with Crippen molar-refractivity contribution < 1.29 is 8.42 Å². The zero-order chi connectivity index (χ0) is 17.0. The molecule has 2 saturated heterocycles. The molecule has 0 bridgehead atoms. The second kappa shape index (κ2) is 9.85. The van der Waals surface area contributed by atoms with Crippen LogP contribution in [0.5, 0.6) is 0 Å². The van der Waals surface area contributed by atoms with Crippen LogP contribution in [0.1, 0.15) is 44.9 Å². The molecule has 0 aromatic carbocycles. The number of piperidine rings is 1. The maximum Gasteiger partial charge on any atom is 0.282 e. The largest absolute Gasteiger partial charge is 0.316 e. The molecule has 2 heterocycles. The van der Waals surface area contributed by atoms with Crippen LogP contribution in [0.3, 0.4) is 0 Å². The molecule has 3 fully saturated rings. The number of nitrogens with one attached hydrogen (secondary N) is 1. The van der Waals surface area contributed by atoms with Crippen LogP contribution in [0.2, 0.25) is 0 Å². The van der Waals surface area contributed by atoms with Crippen LogP contribution in [0, 0.1) is 5.92 Å². The first-order valence-electron chi connectivity index (χ1n) is 9.73. The highest BCUT2D eigenvalue weighted by molar-refractivity contribution is 7.86. The SMILES string of the molecule is CN(C1CCCCC1)S(=O)(=O)N1CCN(CC2CCCNC2)CC1.Cl. The van der Waals surface area contributed by atoms with Gasteiger partial charge < -0.3 is 10.2 Å². The molecule has 1 aliphatic carbocycles. The minimum Gasteiger partial charge on any atom is -0.316 e. The first-order valence-corrected chi connectivity index (χ1v) is 11.1. The number of hydrogen-bond donors (Lipinski definition) is 1. The Kier molecular flexibility index (Phi) is 8.43. The Balaban J connectivity index is 0.00000225. The van der Waals surface area contributed by atoms with Crippen molar-refractivity contribution in [1.82, 2.24) is 18.8 Å². The van der Waals surface area contributed by atoms with Gasteiger partial charge in [0.05, 0.1) is 0 Å². The fourth-order valence-corrected chi connectivity index (χ4v) is 5.98. The Hall–Kier alpha value is 0.0800. The number of rotatable bonds is 5. The van der Waals surface area contributed by atoms with Crippen molar-refractivity contribution >= 4 is 22.6 Å². The van der Waals surface area contributed by atoms with Crippen LogP contribution in [0.15, 0.2) is 0 Å². The molecule has 1 atom stereocenters. The van der Waals surface area contributed by atoms with Gasteiger partial charge in [0, 0.05) is 45.8 Å². The fourth-order valence-electron chi connectivity index (χ4n) is 4.40. The highest BCUT2D eigenvalue weighted by atomic mass is 35.5. The lowest BCUT2D eigenvalue weighted by Gasteiger charge is -2.39. The molecule has 0 amide bonds. The fraction of sp³-hybridized carbons (Fsp3) is 1.00. The third-order valence-corrected chi connectivity index (χ3v) is 8.07. The Labute approximate surface area is 159 Å². The van der Waals surface area contributed by atoms with E-state index < -0.39 is 10.2 Å². The summed E-state index contributed by atoms with van der Waals surface area (Å²) in [6, 6.07) is 0.204. The van der Waals surface area contributed by atoms with Crippen LogP contribution in [-0.4, -0.2) is 80.8 Å². The van der Waals surface area contributed by atoms with Gasteiger partial charge in [-0.25, -0.2) is 0 Å². The minimum absolute atomic E-state index is 0. The van der Waals surface area contributed by atoms with E-state index in [4.69, 9.17) is 0 Å². The second-order valence-electron chi connectivity index (χ2n) is 7.73. The van der Waals surface area contributed by atoms with E-state index in [0.717, 1.165) is 64.3 Å². The molecule has 148 valence electrons. The molecule has 0 aromatic heterocycles. The third kappa shape index (κ3) is 5.53. The third-order valence-electron chi connectivity index (χ3n) is 6.03. The molecule has 0 aromatic rings. The smallest absolute Gasteiger partial charge is 0.282 e. The number of halogens is 1. The average molecular weight is 395 g/mol. The predicted molar refractivity (Wildman–Crippen MR) is 104 cm³/mol. The molecule has 2 aliphatic heterocycles. The van der Waals surface area contributed by atoms with Gasteiger partial charge in [-0.2, -0.15) is 17.0 Å². The summed E-state index contributed by atoms with van der Waals surface area (Å²) in [5.74, 6) is 0.729. The molecule has 1 unspecified atom stereocenters. The lowest BCUT2D eigenvalue weighted by molar-refractivity contribution is 0.147. The lowest BCUT2D eigenvalue weighted by atomic mass is 9.96. The van der Waals surface area contributed by atoms with Gasteiger partial charge in [0.1, 0.15) is 0 Å². The van der Waals surface area contributed by atoms with E-state index >= 15 is 0 Å². The highest BCUT2D eigenvalue weighted by Gasteiger charge is 2.34. The van der Waals surface area contributed by atoms with E-state index in [0.29, 0.717) is 13.1 Å². The first kappa shape index (κ1) is 21.4. The van der Waals surface area contributed by atoms with Crippen LogP contribution in [0.4, 0.5) is 0 Å². The maximum absolute atomic E-state index is 12.9. The van der Waals surface area contributed by atoms with E-state index in [2.05, 4.69) is 10.2 Å². The second-order valence-corrected chi connectivity index (χ2v) is 9.72. The van der Waals surface area contributed by atoms with Crippen molar-refractivity contribution in [3.63, 3.8) is 0 Å². The summed E-state index contributed by atoms with van der Waals surface area (Å²) in [5.41, 5.74) is 0. The van der Waals surface area contributed by atoms with Gasteiger partial charge >= 0.3 is 0 Å². The molecule has 25 heavy (non-hydrogen) atoms. The standard InChI is InChI=1S/C17H34N4O2S.ClH/c1-19(17-7-3-2-4-8-17)24(22,23)21-12-10-20(11-13-21)15-16-6-5-9-18-14-16;/h16-18H,2-15H2,1H3;1H. The number of piperazine rings is 1. The molecule has 8 heteroatoms. The molecule has 3 aliphatic rings. The zero-order valence-corrected chi connectivity index (χ0v) is 17.2. The van der Waals surface area contributed by atoms with E-state index in [1.807, 2.05) is 0 Å². The van der Waals surface area contributed by atoms with E-state index in [9.17, 15) is 8.42 Å². The van der Waals surface area contributed by atoms with Gasteiger partial charge in [-0.3, -0.25) is 0 Å². The lowest BCUT2D eigenvalue weighted by Crippen LogP contribution is -2.55. The molecule has 3 rings (SSSR count). The summed E-state index contributed by atoms with van der Waals surface area (Å²) in [4.78, 5) is 2.45. The molecule has 0 radical (unpaired) electrons. The van der Waals surface area contributed by atoms with Gasteiger partial charge in [-0.15, -0.1) is 12.4 Å². The minimum atomic E-state index is -3.29. The monoisotopic (exact) mass is 394 g/mol. The quantitative estimate of drug-likeness (QED) is 0.768. The molecule has 1 N–H and O–H groups in total. The summed E-state index contributed by atoms with van der Waals surface area (Å²) >= 11 is 0. The van der Waals surface area contributed by atoms with Crippen LogP contribution in [-0.2, 0) is 10.2 Å². The van der Waals surface area contributed by atoms with Crippen molar-refractivity contribution in [3.8, 4) is 0 Å². The highest BCUT2D eigenvalue weighted by Crippen LogP contribution is 2.25. The van der Waals surface area contributed by atoms with Gasteiger partial charge in [0.15, 0.2) is 0 Å². The summed E-state index contributed by atoms with van der Waals surface area (Å²) in [7, 11) is -1.51. The van der Waals surface area contributed by atoms with Crippen molar-refractivity contribution in [1.29, 1.82) is 0 Å². The maximum atomic E-state index is 12.9. The van der Waals surface area contributed by atoms with Gasteiger partial charge in [-0.05, 0) is 44.7 Å². The number of hydrogen-bond acceptors (Lipinski definition) is 4.